The molecule has 4 nitrogen and oxygen atoms in total. The van der Waals surface area contributed by atoms with Crippen LogP contribution in [-0.2, 0) is 10.0 Å². The Morgan fingerprint density at radius 1 is 1.00 bits per heavy atom. The molecule has 0 fully saturated rings. The number of para-hydroxylation sites is 1. The van der Waals surface area contributed by atoms with Gasteiger partial charge in [0.25, 0.3) is 0 Å². The number of benzene rings is 2. The zero-order valence-electron chi connectivity index (χ0n) is 9.79. The van der Waals surface area contributed by atoms with Crippen molar-refractivity contribution in [2.75, 3.05) is 7.05 Å². The molecule has 0 atom stereocenters. The average Bonchev–Trinajstić information content (AvgIpc) is 2.39. The van der Waals surface area contributed by atoms with Crippen molar-refractivity contribution >= 4 is 10.0 Å². The van der Waals surface area contributed by atoms with Crippen molar-refractivity contribution in [1.29, 1.82) is 0 Å². The summed E-state index contributed by atoms with van der Waals surface area (Å²) in [6.07, 6.45) is 0. The first-order valence-corrected chi connectivity index (χ1v) is 6.85. The molecule has 0 saturated carbocycles. The lowest BCUT2D eigenvalue weighted by atomic mass is 10.1. The number of sulfonamides is 1. The molecule has 0 amide bonds. The van der Waals surface area contributed by atoms with Gasteiger partial charge in [-0.1, -0.05) is 30.3 Å². The van der Waals surface area contributed by atoms with Crippen LogP contribution in [0.4, 0.5) is 0 Å². The van der Waals surface area contributed by atoms with Crippen molar-refractivity contribution in [3.8, 4) is 16.9 Å². The van der Waals surface area contributed by atoms with Gasteiger partial charge in [-0.15, -0.1) is 0 Å². The minimum atomic E-state index is -3.42. The number of nitrogens with one attached hydrogen (secondary N) is 1. The Kier molecular flexibility index (Phi) is 3.36. The third-order valence-corrected chi connectivity index (χ3v) is 4.08. The fraction of sp³-hybridized carbons (Fsp3) is 0.0769. The highest BCUT2D eigenvalue weighted by molar-refractivity contribution is 7.89. The Labute approximate surface area is 106 Å². The van der Waals surface area contributed by atoms with E-state index in [0.29, 0.717) is 5.56 Å². The van der Waals surface area contributed by atoms with Crippen LogP contribution in [0.1, 0.15) is 0 Å². The van der Waals surface area contributed by atoms with Gasteiger partial charge in [-0.2, -0.15) is 0 Å². The number of phenolic OH excluding ortho intramolecular Hbond substituents is 1. The first-order valence-electron chi connectivity index (χ1n) is 5.36. The predicted molar refractivity (Wildman–Crippen MR) is 69.8 cm³/mol. The molecule has 0 spiro atoms. The molecule has 2 aromatic rings. The van der Waals surface area contributed by atoms with Crippen molar-refractivity contribution in [2.24, 2.45) is 0 Å². The van der Waals surface area contributed by atoms with E-state index in [1.165, 1.54) is 19.2 Å². The second-order valence-corrected chi connectivity index (χ2v) is 5.64. The van der Waals surface area contributed by atoms with E-state index >= 15 is 0 Å². The number of hydrogen-bond donors (Lipinski definition) is 2. The lowest BCUT2D eigenvalue weighted by Gasteiger charge is -2.06. The van der Waals surface area contributed by atoms with Crippen LogP contribution in [0.5, 0.6) is 5.75 Å². The quantitative estimate of drug-likeness (QED) is 0.889. The molecule has 0 aromatic heterocycles. The molecule has 0 saturated heterocycles. The molecule has 0 aliphatic carbocycles. The van der Waals surface area contributed by atoms with Gasteiger partial charge in [-0.05, 0) is 30.8 Å². The van der Waals surface area contributed by atoms with Crippen molar-refractivity contribution in [1.82, 2.24) is 4.72 Å². The molecular weight excluding hydrogens is 250 g/mol. The monoisotopic (exact) mass is 263 g/mol. The number of rotatable bonds is 3. The average molecular weight is 263 g/mol. The minimum absolute atomic E-state index is 0.168. The largest absolute Gasteiger partial charge is 0.507 e. The summed E-state index contributed by atoms with van der Waals surface area (Å²) in [6, 6.07) is 13.3. The molecule has 2 aromatic carbocycles. The minimum Gasteiger partial charge on any atom is -0.507 e. The van der Waals surface area contributed by atoms with Gasteiger partial charge in [0.05, 0.1) is 4.90 Å². The molecule has 0 heterocycles. The molecular formula is C13H13NO3S. The van der Waals surface area contributed by atoms with Gasteiger partial charge in [0.1, 0.15) is 5.75 Å². The first kappa shape index (κ1) is 12.6. The van der Waals surface area contributed by atoms with Gasteiger partial charge in [-0.3, -0.25) is 0 Å². The highest BCUT2D eigenvalue weighted by Gasteiger charge is 2.11. The fourth-order valence-electron chi connectivity index (χ4n) is 1.65. The summed E-state index contributed by atoms with van der Waals surface area (Å²) in [5.74, 6) is 0.168. The third-order valence-electron chi connectivity index (χ3n) is 2.65. The molecule has 94 valence electrons. The Balaban J connectivity index is 2.43. The van der Waals surface area contributed by atoms with Gasteiger partial charge < -0.3 is 5.11 Å². The number of hydrogen-bond acceptors (Lipinski definition) is 3. The zero-order chi connectivity index (χ0) is 13.2. The van der Waals surface area contributed by atoms with E-state index in [4.69, 9.17) is 0 Å². The topological polar surface area (TPSA) is 66.4 Å². The van der Waals surface area contributed by atoms with Gasteiger partial charge in [0, 0.05) is 5.56 Å². The molecule has 0 aliphatic rings. The molecule has 2 N–H and O–H groups in total. The van der Waals surface area contributed by atoms with E-state index in [2.05, 4.69) is 4.72 Å². The molecule has 5 heteroatoms. The van der Waals surface area contributed by atoms with Crippen LogP contribution < -0.4 is 4.72 Å². The van der Waals surface area contributed by atoms with Crippen LogP contribution in [0.2, 0.25) is 0 Å². The van der Waals surface area contributed by atoms with Crippen LogP contribution >= 0.6 is 0 Å². The highest BCUT2D eigenvalue weighted by Crippen LogP contribution is 2.29. The Bertz CT molecular complexity index is 648. The molecule has 0 unspecified atom stereocenters. The summed E-state index contributed by atoms with van der Waals surface area (Å²) >= 11 is 0. The van der Waals surface area contributed by atoms with Crippen molar-refractivity contribution < 1.29 is 13.5 Å². The van der Waals surface area contributed by atoms with E-state index in [9.17, 15) is 13.5 Å². The maximum atomic E-state index is 11.6. The Hall–Kier alpha value is -1.85. The van der Waals surface area contributed by atoms with E-state index in [1.807, 2.05) is 6.07 Å². The van der Waals surface area contributed by atoms with Crippen molar-refractivity contribution in [3.05, 3.63) is 48.5 Å². The summed E-state index contributed by atoms with van der Waals surface area (Å²) in [4.78, 5) is 0.198. The molecule has 18 heavy (non-hydrogen) atoms. The number of phenols is 1. The van der Waals surface area contributed by atoms with E-state index in [0.717, 1.165) is 5.56 Å². The van der Waals surface area contributed by atoms with Crippen LogP contribution in [0, 0.1) is 0 Å². The summed E-state index contributed by atoms with van der Waals surface area (Å²) in [5, 5.41) is 9.71. The Morgan fingerprint density at radius 2 is 1.61 bits per heavy atom. The summed E-state index contributed by atoms with van der Waals surface area (Å²) < 4.78 is 25.4. The van der Waals surface area contributed by atoms with E-state index < -0.39 is 10.0 Å². The second-order valence-electron chi connectivity index (χ2n) is 3.75. The molecule has 2 rings (SSSR count). The van der Waals surface area contributed by atoms with Crippen LogP contribution in [0.25, 0.3) is 11.1 Å². The summed E-state index contributed by atoms with van der Waals surface area (Å²) in [7, 11) is -2.05. The maximum Gasteiger partial charge on any atom is 0.240 e. The lowest BCUT2D eigenvalue weighted by Crippen LogP contribution is -2.18. The SMILES string of the molecule is CNS(=O)(=O)c1ccc(-c2ccccc2O)cc1. The smallest absolute Gasteiger partial charge is 0.240 e. The second kappa shape index (κ2) is 4.80. The summed E-state index contributed by atoms with van der Waals surface area (Å²) in [5.41, 5.74) is 1.44. The third kappa shape index (κ3) is 2.37. The molecule has 0 bridgehead atoms. The maximum absolute atomic E-state index is 11.6. The fourth-order valence-corrected chi connectivity index (χ4v) is 2.38. The van der Waals surface area contributed by atoms with E-state index in [1.54, 1.807) is 30.3 Å². The van der Waals surface area contributed by atoms with Gasteiger partial charge in [0.2, 0.25) is 10.0 Å². The Morgan fingerprint density at radius 3 is 2.17 bits per heavy atom. The van der Waals surface area contributed by atoms with Gasteiger partial charge >= 0.3 is 0 Å². The molecule has 0 radical (unpaired) electrons. The lowest BCUT2D eigenvalue weighted by molar-refractivity contribution is 0.477. The normalized spacial score (nSPS) is 11.4. The van der Waals surface area contributed by atoms with Crippen molar-refractivity contribution in [3.63, 3.8) is 0 Å². The predicted octanol–water partition coefficient (Wildman–Crippen LogP) is 1.97. The molecule has 0 aliphatic heterocycles. The van der Waals surface area contributed by atoms with Gasteiger partial charge in [-0.25, -0.2) is 13.1 Å². The standard InChI is InChI=1S/C13H13NO3S/c1-14-18(16,17)11-8-6-10(7-9-11)12-4-2-3-5-13(12)15/h2-9,14-15H,1H3. The highest BCUT2D eigenvalue weighted by atomic mass is 32.2. The van der Waals surface area contributed by atoms with Crippen LogP contribution in [-0.4, -0.2) is 20.6 Å². The summed E-state index contributed by atoms with van der Waals surface area (Å²) in [6.45, 7) is 0. The van der Waals surface area contributed by atoms with Crippen LogP contribution in [0.15, 0.2) is 53.4 Å². The van der Waals surface area contributed by atoms with Crippen LogP contribution in [0.3, 0.4) is 0 Å². The van der Waals surface area contributed by atoms with Crippen molar-refractivity contribution in [2.45, 2.75) is 4.90 Å². The van der Waals surface area contributed by atoms with E-state index in [-0.39, 0.29) is 10.6 Å². The van der Waals surface area contributed by atoms with Gasteiger partial charge in [0.15, 0.2) is 0 Å². The first-order chi connectivity index (χ1) is 8.54. The number of aromatic hydroxyl groups is 1. The zero-order valence-corrected chi connectivity index (χ0v) is 10.6.